The molecule has 0 aromatic heterocycles. The first-order valence-corrected chi connectivity index (χ1v) is 7.63. The molecular weight excluding hydrogens is 302 g/mol. The van der Waals surface area contributed by atoms with Crippen LogP contribution in [0.3, 0.4) is 0 Å². The summed E-state index contributed by atoms with van der Waals surface area (Å²) in [6.45, 7) is 3.93. The molecule has 0 fully saturated rings. The first-order chi connectivity index (χ1) is 11.4. The van der Waals surface area contributed by atoms with Crippen LogP contribution in [-0.4, -0.2) is 5.78 Å². The summed E-state index contributed by atoms with van der Waals surface area (Å²) in [7, 11) is 0. The van der Waals surface area contributed by atoms with E-state index in [1.807, 2.05) is 32.1 Å². The van der Waals surface area contributed by atoms with E-state index in [-0.39, 0.29) is 16.8 Å². The molecule has 0 saturated heterocycles. The van der Waals surface area contributed by atoms with Crippen molar-refractivity contribution >= 4 is 5.78 Å². The largest absolute Gasteiger partial charge is 0.486 e. The van der Waals surface area contributed by atoms with E-state index in [9.17, 15) is 15.3 Å². The van der Waals surface area contributed by atoms with Crippen molar-refractivity contribution in [2.24, 2.45) is 10.8 Å². The van der Waals surface area contributed by atoms with Crippen molar-refractivity contribution in [1.82, 2.24) is 0 Å². The average molecular weight is 317 g/mol. The lowest BCUT2D eigenvalue weighted by atomic mass is 9.68. The Morgan fingerprint density at radius 2 is 1.71 bits per heavy atom. The molecular formula is C19H15N3O2. The number of nitriles is 3. The Morgan fingerprint density at radius 1 is 1.08 bits per heavy atom. The first kappa shape index (κ1) is 15.8. The van der Waals surface area contributed by atoms with E-state index in [4.69, 9.17) is 10.00 Å². The predicted octanol–water partition coefficient (Wildman–Crippen LogP) is 3.31. The van der Waals surface area contributed by atoms with Gasteiger partial charge in [-0.1, -0.05) is 26.0 Å². The van der Waals surface area contributed by atoms with Crippen molar-refractivity contribution in [2.75, 3.05) is 0 Å². The summed E-state index contributed by atoms with van der Waals surface area (Å²) in [6.07, 6.45) is -0.0464. The van der Waals surface area contributed by atoms with Gasteiger partial charge in [-0.15, -0.1) is 0 Å². The van der Waals surface area contributed by atoms with Gasteiger partial charge in [0.15, 0.2) is 11.9 Å². The highest BCUT2D eigenvalue weighted by Gasteiger charge is 2.57. The number of ether oxygens (including phenoxy) is 1. The molecule has 0 N–H and O–H groups in total. The normalized spacial score (nSPS) is 23.5. The molecule has 1 aromatic rings. The van der Waals surface area contributed by atoms with Gasteiger partial charge in [0.05, 0.1) is 29.3 Å². The minimum Gasteiger partial charge on any atom is -0.486 e. The molecule has 0 saturated carbocycles. The summed E-state index contributed by atoms with van der Waals surface area (Å²) < 4.78 is 5.96. The Balaban J connectivity index is 2.12. The summed E-state index contributed by atoms with van der Waals surface area (Å²) in [4.78, 5) is 12.6. The third-order valence-corrected chi connectivity index (χ3v) is 4.58. The van der Waals surface area contributed by atoms with Crippen LogP contribution in [0.25, 0.3) is 0 Å². The van der Waals surface area contributed by atoms with E-state index in [2.05, 4.69) is 0 Å². The highest BCUT2D eigenvalue weighted by Crippen LogP contribution is 2.56. The van der Waals surface area contributed by atoms with Crippen molar-refractivity contribution in [3.05, 3.63) is 46.7 Å². The molecule has 5 heteroatoms. The number of Topliss-reactive ketones (excluding diaryl/α,β-unsaturated/α-hetero) is 1. The van der Waals surface area contributed by atoms with Crippen LogP contribution >= 0.6 is 0 Å². The van der Waals surface area contributed by atoms with Gasteiger partial charge < -0.3 is 4.74 Å². The standard InChI is InChI=1S/C19H15N3O2/c1-18(2)7-14(23)16-15(8-18)24-17(19(16,10-21)11-22)13-5-3-12(9-20)4-6-13/h3-6,17H,7-8H2,1-2H3. The smallest absolute Gasteiger partial charge is 0.215 e. The van der Waals surface area contributed by atoms with Gasteiger partial charge >= 0.3 is 0 Å². The molecule has 118 valence electrons. The summed E-state index contributed by atoms with van der Waals surface area (Å²) in [6, 6.07) is 12.6. The summed E-state index contributed by atoms with van der Waals surface area (Å²) in [5.74, 6) is 0.259. The van der Waals surface area contributed by atoms with Gasteiger partial charge in [0.25, 0.3) is 0 Å². The molecule has 0 amide bonds. The highest BCUT2D eigenvalue weighted by molar-refractivity contribution is 6.00. The van der Waals surface area contributed by atoms with Crippen LogP contribution in [0.2, 0.25) is 0 Å². The molecule has 0 radical (unpaired) electrons. The molecule has 1 unspecified atom stereocenters. The van der Waals surface area contributed by atoms with E-state index < -0.39 is 11.5 Å². The topological polar surface area (TPSA) is 97.7 Å². The van der Waals surface area contributed by atoms with Crippen molar-refractivity contribution in [1.29, 1.82) is 15.8 Å². The lowest BCUT2D eigenvalue weighted by Gasteiger charge is -2.29. The number of carbonyl (C=O) groups excluding carboxylic acids is 1. The molecule has 2 aliphatic rings. The highest BCUT2D eigenvalue weighted by atomic mass is 16.5. The predicted molar refractivity (Wildman–Crippen MR) is 83.7 cm³/mol. The second kappa shape index (κ2) is 5.22. The Morgan fingerprint density at radius 3 is 2.25 bits per heavy atom. The number of ketones is 1. The Kier molecular flexibility index (Phi) is 3.43. The van der Waals surface area contributed by atoms with Crippen LogP contribution in [0.1, 0.15) is 43.9 Å². The van der Waals surface area contributed by atoms with E-state index in [1.54, 1.807) is 24.3 Å². The zero-order chi connectivity index (χ0) is 17.5. The molecule has 0 bridgehead atoms. The summed E-state index contributed by atoms with van der Waals surface area (Å²) >= 11 is 0. The molecule has 1 heterocycles. The fourth-order valence-electron chi connectivity index (χ4n) is 3.47. The van der Waals surface area contributed by atoms with E-state index in [0.717, 1.165) is 0 Å². The van der Waals surface area contributed by atoms with E-state index in [0.29, 0.717) is 29.7 Å². The summed E-state index contributed by atoms with van der Waals surface area (Å²) in [5, 5.41) is 28.4. The third-order valence-electron chi connectivity index (χ3n) is 4.58. The molecule has 24 heavy (non-hydrogen) atoms. The molecule has 1 aliphatic heterocycles. The van der Waals surface area contributed by atoms with Crippen LogP contribution in [0.4, 0.5) is 0 Å². The number of hydrogen-bond acceptors (Lipinski definition) is 5. The minimum absolute atomic E-state index is 0.194. The number of hydrogen-bond donors (Lipinski definition) is 0. The summed E-state index contributed by atoms with van der Waals surface area (Å²) in [5.41, 5.74) is -0.604. The van der Waals surface area contributed by atoms with Gasteiger partial charge in [-0.3, -0.25) is 4.79 Å². The maximum Gasteiger partial charge on any atom is 0.215 e. The number of carbonyl (C=O) groups is 1. The Labute approximate surface area is 140 Å². The molecule has 1 aromatic carbocycles. The van der Waals surface area contributed by atoms with Gasteiger partial charge in [-0.2, -0.15) is 15.8 Å². The van der Waals surface area contributed by atoms with Crippen LogP contribution < -0.4 is 0 Å². The number of rotatable bonds is 1. The molecule has 0 spiro atoms. The van der Waals surface area contributed by atoms with Crippen LogP contribution in [0.5, 0.6) is 0 Å². The zero-order valence-electron chi connectivity index (χ0n) is 13.5. The Hall–Kier alpha value is -3.10. The quantitative estimate of drug-likeness (QED) is 0.791. The minimum atomic E-state index is -1.64. The fourth-order valence-corrected chi connectivity index (χ4v) is 3.47. The van der Waals surface area contributed by atoms with Gasteiger partial charge in [-0.25, -0.2) is 0 Å². The van der Waals surface area contributed by atoms with Gasteiger partial charge in [0, 0.05) is 12.8 Å². The third kappa shape index (κ3) is 2.16. The van der Waals surface area contributed by atoms with Gasteiger partial charge in [0.2, 0.25) is 5.41 Å². The number of allylic oxidation sites excluding steroid dienone is 1. The van der Waals surface area contributed by atoms with E-state index in [1.165, 1.54) is 0 Å². The average Bonchev–Trinajstić information content (AvgIpc) is 2.88. The van der Waals surface area contributed by atoms with Crippen LogP contribution in [0, 0.1) is 44.8 Å². The second-order valence-corrected chi connectivity index (χ2v) is 7.00. The number of nitrogens with zero attached hydrogens (tertiary/aromatic N) is 3. The van der Waals surface area contributed by atoms with Crippen LogP contribution in [0.15, 0.2) is 35.6 Å². The van der Waals surface area contributed by atoms with E-state index >= 15 is 0 Å². The zero-order valence-corrected chi connectivity index (χ0v) is 13.5. The van der Waals surface area contributed by atoms with Crippen molar-refractivity contribution in [3.63, 3.8) is 0 Å². The number of benzene rings is 1. The SMILES string of the molecule is CC1(C)CC(=O)C2=C(C1)OC(c1ccc(C#N)cc1)C2(C#N)C#N. The van der Waals surface area contributed by atoms with Gasteiger partial charge in [-0.05, 0) is 23.1 Å². The molecule has 3 rings (SSSR count). The Bertz CT molecular complexity index is 859. The second-order valence-electron chi connectivity index (χ2n) is 7.00. The maximum atomic E-state index is 12.6. The molecule has 1 atom stereocenters. The monoisotopic (exact) mass is 317 g/mol. The van der Waals surface area contributed by atoms with Crippen LogP contribution in [-0.2, 0) is 9.53 Å². The van der Waals surface area contributed by atoms with Gasteiger partial charge in [0.1, 0.15) is 5.76 Å². The fraction of sp³-hybridized carbons (Fsp3) is 0.368. The van der Waals surface area contributed by atoms with Crippen molar-refractivity contribution in [3.8, 4) is 18.2 Å². The van der Waals surface area contributed by atoms with Crippen molar-refractivity contribution < 1.29 is 9.53 Å². The molecule has 1 aliphatic carbocycles. The lowest BCUT2D eigenvalue weighted by molar-refractivity contribution is -0.118. The molecule has 5 nitrogen and oxygen atoms in total. The first-order valence-electron chi connectivity index (χ1n) is 7.63. The van der Waals surface area contributed by atoms with Crippen molar-refractivity contribution in [2.45, 2.75) is 32.8 Å². The lowest BCUT2D eigenvalue weighted by Crippen LogP contribution is -2.32. The maximum absolute atomic E-state index is 12.6.